The lowest BCUT2D eigenvalue weighted by atomic mass is 10.1. The van der Waals surface area contributed by atoms with Crippen LogP contribution in [0.3, 0.4) is 0 Å². The number of benzene rings is 3. The van der Waals surface area contributed by atoms with Crippen LogP contribution >= 0.6 is 0 Å². The van der Waals surface area contributed by atoms with Crippen molar-refractivity contribution in [3.8, 4) is 22.9 Å². The Morgan fingerprint density at radius 3 is 2.40 bits per heavy atom. The molecular formula is C28H30FN3O3. The fourth-order valence-corrected chi connectivity index (χ4v) is 3.63. The molecular weight excluding hydrogens is 445 g/mol. The van der Waals surface area contributed by atoms with Gasteiger partial charge in [-0.1, -0.05) is 18.2 Å². The minimum atomic E-state index is -0.289. The number of ether oxygens (including phenoxy) is 3. The van der Waals surface area contributed by atoms with Crippen molar-refractivity contribution in [2.45, 2.75) is 26.4 Å². The van der Waals surface area contributed by atoms with Gasteiger partial charge in [0.15, 0.2) is 11.5 Å². The molecule has 6 nitrogen and oxygen atoms in total. The molecule has 0 amide bonds. The van der Waals surface area contributed by atoms with E-state index in [1.165, 1.54) is 17.7 Å². The zero-order valence-corrected chi connectivity index (χ0v) is 20.0. The van der Waals surface area contributed by atoms with E-state index < -0.39 is 0 Å². The summed E-state index contributed by atoms with van der Waals surface area (Å²) < 4.78 is 32.2. The quantitative estimate of drug-likeness (QED) is 0.266. The molecule has 1 aromatic heterocycles. The topological polar surface area (TPSA) is 57.5 Å². The van der Waals surface area contributed by atoms with Crippen molar-refractivity contribution in [1.29, 1.82) is 0 Å². The van der Waals surface area contributed by atoms with E-state index in [0.29, 0.717) is 43.6 Å². The average Bonchev–Trinajstić information content (AvgIpc) is 3.42. The fourth-order valence-electron chi connectivity index (χ4n) is 3.63. The summed E-state index contributed by atoms with van der Waals surface area (Å²) in [5, 5.41) is 3.57. The van der Waals surface area contributed by atoms with Crippen molar-refractivity contribution in [2.75, 3.05) is 19.8 Å². The van der Waals surface area contributed by atoms with Crippen molar-refractivity contribution in [3.63, 3.8) is 0 Å². The van der Waals surface area contributed by atoms with Gasteiger partial charge in [0.25, 0.3) is 0 Å². The molecule has 7 heteroatoms. The maximum atomic E-state index is 13.0. The number of imidazole rings is 1. The molecule has 0 spiro atoms. The van der Waals surface area contributed by atoms with Gasteiger partial charge in [0.05, 0.1) is 12.9 Å². The SMILES string of the molecule is CCOc1cc(CN[C@H](C)c2ccc(-n3ccnc3)cc2)ccc1OCCOc1ccc(F)cc1. The molecule has 0 fully saturated rings. The Bertz CT molecular complexity index is 1180. The molecule has 1 atom stereocenters. The summed E-state index contributed by atoms with van der Waals surface area (Å²) in [4.78, 5) is 4.10. The first-order valence-electron chi connectivity index (χ1n) is 11.7. The first-order valence-corrected chi connectivity index (χ1v) is 11.7. The molecule has 4 rings (SSSR count). The lowest BCUT2D eigenvalue weighted by Gasteiger charge is -2.17. The molecule has 0 saturated heterocycles. The lowest BCUT2D eigenvalue weighted by Crippen LogP contribution is -2.18. The van der Waals surface area contributed by atoms with Crippen LogP contribution in [0.2, 0.25) is 0 Å². The summed E-state index contributed by atoms with van der Waals surface area (Å²) in [6, 6.07) is 20.5. The van der Waals surface area contributed by atoms with Gasteiger partial charge in [-0.2, -0.15) is 0 Å². The van der Waals surface area contributed by atoms with Gasteiger partial charge >= 0.3 is 0 Å². The monoisotopic (exact) mass is 475 g/mol. The maximum absolute atomic E-state index is 13.0. The molecule has 0 saturated carbocycles. The first-order chi connectivity index (χ1) is 17.1. The minimum absolute atomic E-state index is 0.182. The van der Waals surface area contributed by atoms with Crippen LogP contribution in [-0.2, 0) is 6.54 Å². The zero-order valence-electron chi connectivity index (χ0n) is 20.0. The van der Waals surface area contributed by atoms with Gasteiger partial charge in [-0.3, -0.25) is 0 Å². The van der Waals surface area contributed by atoms with E-state index in [1.807, 2.05) is 35.9 Å². The molecule has 4 aromatic rings. The van der Waals surface area contributed by atoms with Crippen molar-refractivity contribution < 1.29 is 18.6 Å². The van der Waals surface area contributed by atoms with Gasteiger partial charge in [-0.15, -0.1) is 0 Å². The maximum Gasteiger partial charge on any atom is 0.161 e. The van der Waals surface area contributed by atoms with Gasteiger partial charge in [-0.25, -0.2) is 9.37 Å². The normalized spacial score (nSPS) is 11.7. The van der Waals surface area contributed by atoms with E-state index in [0.717, 1.165) is 11.3 Å². The Morgan fingerprint density at radius 1 is 0.914 bits per heavy atom. The standard InChI is InChI=1S/C28H30FN3O3/c1-3-33-28-18-22(4-13-27(28)35-17-16-34-26-11-7-24(29)8-12-26)19-31-21(2)23-5-9-25(10-6-23)32-15-14-30-20-32/h4-15,18,20-21,31H,3,16-17,19H2,1-2H3/t21-/m1/s1. The second kappa shape index (κ2) is 12.0. The molecule has 182 valence electrons. The van der Waals surface area contributed by atoms with Crippen LogP contribution in [-0.4, -0.2) is 29.4 Å². The zero-order chi connectivity index (χ0) is 24.5. The fraction of sp³-hybridized carbons (Fsp3) is 0.250. The van der Waals surface area contributed by atoms with E-state index in [9.17, 15) is 4.39 Å². The molecule has 0 aliphatic heterocycles. The molecule has 1 N–H and O–H groups in total. The van der Waals surface area contributed by atoms with Crippen LogP contribution in [0.4, 0.5) is 4.39 Å². The average molecular weight is 476 g/mol. The first kappa shape index (κ1) is 24.3. The number of rotatable bonds is 12. The van der Waals surface area contributed by atoms with Crippen LogP contribution < -0.4 is 19.5 Å². The molecule has 0 radical (unpaired) electrons. The molecule has 0 aliphatic carbocycles. The van der Waals surface area contributed by atoms with Gasteiger partial charge in [0.1, 0.15) is 24.8 Å². The number of hydrogen-bond acceptors (Lipinski definition) is 5. The highest BCUT2D eigenvalue weighted by Crippen LogP contribution is 2.29. The molecule has 0 unspecified atom stereocenters. The third-order valence-corrected chi connectivity index (χ3v) is 5.54. The number of aromatic nitrogens is 2. The van der Waals surface area contributed by atoms with Crippen LogP contribution in [0.1, 0.15) is 31.0 Å². The Labute approximate surface area is 205 Å². The summed E-state index contributed by atoms with van der Waals surface area (Å²) in [7, 11) is 0. The van der Waals surface area contributed by atoms with Gasteiger partial charge in [0.2, 0.25) is 0 Å². The van der Waals surface area contributed by atoms with E-state index in [2.05, 4.69) is 41.5 Å². The number of hydrogen-bond donors (Lipinski definition) is 1. The van der Waals surface area contributed by atoms with Crippen LogP contribution in [0.15, 0.2) is 85.5 Å². The Hall–Kier alpha value is -3.84. The van der Waals surface area contributed by atoms with Crippen molar-refractivity contribution in [1.82, 2.24) is 14.9 Å². The van der Waals surface area contributed by atoms with Crippen LogP contribution in [0, 0.1) is 5.82 Å². The second-order valence-corrected chi connectivity index (χ2v) is 8.03. The summed E-state index contributed by atoms with van der Waals surface area (Å²) in [6.07, 6.45) is 5.49. The summed E-state index contributed by atoms with van der Waals surface area (Å²) in [6.45, 7) is 6.02. The Kier molecular flexibility index (Phi) is 8.35. The largest absolute Gasteiger partial charge is 0.490 e. The summed E-state index contributed by atoms with van der Waals surface area (Å²) >= 11 is 0. The number of nitrogens with one attached hydrogen (secondary N) is 1. The number of nitrogens with zero attached hydrogens (tertiary/aromatic N) is 2. The van der Waals surface area contributed by atoms with Crippen LogP contribution in [0.5, 0.6) is 17.2 Å². The summed E-state index contributed by atoms with van der Waals surface area (Å²) in [5.41, 5.74) is 3.39. The van der Waals surface area contributed by atoms with Crippen LogP contribution in [0.25, 0.3) is 5.69 Å². The molecule has 0 bridgehead atoms. The van der Waals surface area contributed by atoms with E-state index in [-0.39, 0.29) is 11.9 Å². The third-order valence-electron chi connectivity index (χ3n) is 5.54. The molecule has 0 aliphatic rings. The lowest BCUT2D eigenvalue weighted by molar-refractivity contribution is 0.208. The van der Waals surface area contributed by atoms with Gasteiger partial charge in [0, 0.05) is 30.7 Å². The molecule has 1 heterocycles. The predicted molar refractivity (Wildman–Crippen MR) is 134 cm³/mol. The van der Waals surface area contributed by atoms with E-state index in [4.69, 9.17) is 14.2 Å². The third kappa shape index (κ3) is 6.83. The van der Waals surface area contributed by atoms with Crippen molar-refractivity contribution in [2.24, 2.45) is 0 Å². The number of halogens is 1. The minimum Gasteiger partial charge on any atom is -0.490 e. The molecule has 3 aromatic carbocycles. The second-order valence-electron chi connectivity index (χ2n) is 8.03. The van der Waals surface area contributed by atoms with Gasteiger partial charge < -0.3 is 24.1 Å². The smallest absolute Gasteiger partial charge is 0.161 e. The van der Waals surface area contributed by atoms with E-state index in [1.54, 1.807) is 24.7 Å². The summed E-state index contributed by atoms with van der Waals surface area (Å²) in [5.74, 6) is 1.68. The van der Waals surface area contributed by atoms with Crippen molar-refractivity contribution >= 4 is 0 Å². The van der Waals surface area contributed by atoms with Gasteiger partial charge in [-0.05, 0) is 73.5 Å². The Balaban J connectivity index is 1.29. The van der Waals surface area contributed by atoms with E-state index >= 15 is 0 Å². The predicted octanol–water partition coefficient (Wildman–Crippen LogP) is 5.72. The highest BCUT2D eigenvalue weighted by atomic mass is 19.1. The highest BCUT2D eigenvalue weighted by molar-refractivity contribution is 5.43. The van der Waals surface area contributed by atoms with Crippen molar-refractivity contribution in [3.05, 3.63) is 102 Å². The Morgan fingerprint density at radius 2 is 1.69 bits per heavy atom. The molecule has 35 heavy (non-hydrogen) atoms. The highest BCUT2D eigenvalue weighted by Gasteiger charge is 2.10.